The third kappa shape index (κ3) is 4.90. The van der Waals surface area contributed by atoms with E-state index in [-0.39, 0.29) is 0 Å². The maximum atomic E-state index is 4.88. The van der Waals surface area contributed by atoms with Gasteiger partial charge in [0.25, 0.3) is 0 Å². The highest BCUT2D eigenvalue weighted by Gasteiger charge is 2.20. The van der Waals surface area contributed by atoms with Crippen LogP contribution >= 0.6 is 0 Å². The standard InChI is InChI=1S/C23H32N2/c1-3-5-6-7-8-9-19-12-15-22-21(16-19)17-24-23(25-22)20-13-10-18(4-2)11-14-20/h10-11,13-14,17,19H,3-9,12,15-16H2,1-2H3. The molecule has 0 amide bonds. The maximum Gasteiger partial charge on any atom is 0.159 e. The van der Waals surface area contributed by atoms with Gasteiger partial charge in [-0.05, 0) is 42.7 Å². The topological polar surface area (TPSA) is 25.8 Å². The van der Waals surface area contributed by atoms with Crippen molar-refractivity contribution in [2.75, 3.05) is 0 Å². The predicted molar refractivity (Wildman–Crippen MR) is 106 cm³/mol. The second kappa shape index (κ2) is 9.12. The molecule has 0 fully saturated rings. The first-order valence-corrected chi connectivity index (χ1v) is 10.2. The fourth-order valence-corrected chi connectivity index (χ4v) is 3.89. The minimum absolute atomic E-state index is 0.840. The number of benzene rings is 1. The van der Waals surface area contributed by atoms with Gasteiger partial charge in [-0.15, -0.1) is 0 Å². The van der Waals surface area contributed by atoms with Crippen LogP contribution in [0.5, 0.6) is 0 Å². The van der Waals surface area contributed by atoms with E-state index < -0.39 is 0 Å². The summed E-state index contributed by atoms with van der Waals surface area (Å²) in [7, 11) is 0. The smallest absolute Gasteiger partial charge is 0.159 e. The van der Waals surface area contributed by atoms with Gasteiger partial charge in [-0.2, -0.15) is 0 Å². The summed E-state index contributed by atoms with van der Waals surface area (Å²) < 4.78 is 0. The molecule has 1 atom stereocenters. The summed E-state index contributed by atoms with van der Waals surface area (Å²) in [5.74, 6) is 1.73. The molecule has 0 radical (unpaired) electrons. The van der Waals surface area contributed by atoms with Crippen molar-refractivity contribution in [1.82, 2.24) is 9.97 Å². The van der Waals surface area contributed by atoms with Crippen LogP contribution in [0.4, 0.5) is 0 Å². The molecule has 1 aliphatic carbocycles. The number of hydrogen-bond donors (Lipinski definition) is 0. The van der Waals surface area contributed by atoms with Crippen molar-refractivity contribution >= 4 is 0 Å². The highest BCUT2D eigenvalue weighted by Crippen LogP contribution is 2.29. The molecular weight excluding hydrogens is 304 g/mol. The first kappa shape index (κ1) is 18.1. The zero-order chi connectivity index (χ0) is 17.5. The Morgan fingerprint density at radius 2 is 1.80 bits per heavy atom. The van der Waals surface area contributed by atoms with Gasteiger partial charge in [-0.1, -0.05) is 76.6 Å². The number of fused-ring (bicyclic) bond motifs is 1. The highest BCUT2D eigenvalue weighted by atomic mass is 14.9. The molecule has 2 heteroatoms. The average Bonchev–Trinajstić information content (AvgIpc) is 2.67. The Bertz CT molecular complexity index is 660. The Labute approximate surface area is 153 Å². The fraction of sp³-hybridized carbons (Fsp3) is 0.565. The molecule has 0 aliphatic heterocycles. The van der Waals surface area contributed by atoms with Gasteiger partial charge >= 0.3 is 0 Å². The molecule has 0 saturated carbocycles. The van der Waals surface area contributed by atoms with E-state index in [0.29, 0.717) is 0 Å². The lowest BCUT2D eigenvalue weighted by atomic mass is 9.84. The molecule has 0 N–H and O–H groups in total. The van der Waals surface area contributed by atoms with Crippen molar-refractivity contribution in [2.45, 2.75) is 78.1 Å². The number of hydrogen-bond acceptors (Lipinski definition) is 2. The summed E-state index contributed by atoms with van der Waals surface area (Å²) in [5.41, 5.74) is 5.17. The van der Waals surface area contributed by atoms with Crippen molar-refractivity contribution in [2.24, 2.45) is 5.92 Å². The van der Waals surface area contributed by atoms with Crippen LogP contribution in [0.25, 0.3) is 11.4 Å². The van der Waals surface area contributed by atoms with Crippen molar-refractivity contribution in [3.05, 3.63) is 47.3 Å². The monoisotopic (exact) mass is 336 g/mol. The van der Waals surface area contributed by atoms with E-state index in [1.807, 2.05) is 0 Å². The molecule has 2 aromatic rings. The summed E-state index contributed by atoms with van der Waals surface area (Å²) in [5, 5.41) is 0. The van der Waals surface area contributed by atoms with Gasteiger partial charge in [0.15, 0.2) is 5.82 Å². The quantitative estimate of drug-likeness (QED) is 0.539. The van der Waals surface area contributed by atoms with Crippen LogP contribution in [0.1, 0.15) is 75.6 Å². The first-order chi connectivity index (χ1) is 12.3. The van der Waals surface area contributed by atoms with Crippen LogP contribution in [-0.4, -0.2) is 9.97 Å². The van der Waals surface area contributed by atoms with Gasteiger partial charge in [0.1, 0.15) is 0 Å². The minimum atomic E-state index is 0.840. The van der Waals surface area contributed by atoms with Crippen LogP contribution in [0, 0.1) is 5.92 Å². The van der Waals surface area contributed by atoms with E-state index in [4.69, 9.17) is 4.98 Å². The summed E-state index contributed by atoms with van der Waals surface area (Å²) in [6.07, 6.45) is 15.1. The third-order valence-corrected chi connectivity index (χ3v) is 5.59. The fourth-order valence-electron chi connectivity index (χ4n) is 3.89. The van der Waals surface area contributed by atoms with Crippen molar-refractivity contribution < 1.29 is 0 Å². The minimum Gasteiger partial charge on any atom is -0.236 e. The molecule has 1 aliphatic rings. The highest BCUT2D eigenvalue weighted by molar-refractivity contribution is 5.55. The van der Waals surface area contributed by atoms with E-state index in [0.717, 1.165) is 30.1 Å². The van der Waals surface area contributed by atoms with Crippen molar-refractivity contribution in [3.63, 3.8) is 0 Å². The molecule has 0 spiro atoms. The largest absolute Gasteiger partial charge is 0.236 e. The summed E-state index contributed by atoms with van der Waals surface area (Å²) in [6, 6.07) is 8.68. The van der Waals surface area contributed by atoms with Gasteiger partial charge in [0.2, 0.25) is 0 Å². The van der Waals surface area contributed by atoms with Crippen molar-refractivity contribution in [3.8, 4) is 11.4 Å². The van der Waals surface area contributed by atoms with E-state index in [2.05, 4.69) is 49.3 Å². The Hall–Kier alpha value is -1.70. The zero-order valence-corrected chi connectivity index (χ0v) is 15.9. The number of aryl methyl sites for hydroxylation is 2. The van der Waals surface area contributed by atoms with E-state index >= 15 is 0 Å². The summed E-state index contributed by atoms with van der Waals surface area (Å²) >= 11 is 0. The Balaban J connectivity index is 1.59. The molecule has 2 nitrogen and oxygen atoms in total. The molecule has 1 aromatic carbocycles. The lowest BCUT2D eigenvalue weighted by Crippen LogP contribution is -2.16. The number of unbranched alkanes of at least 4 members (excludes halogenated alkanes) is 4. The van der Waals surface area contributed by atoms with Crippen LogP contribution in [0.2, 0.25) is 0 Å². The average molecular weight is 337 g/mol. The van der Waals surface area contributed by atoms with E-state index in [1.54, 1.807) is 0 Å². The lowest BCUT2D eigenvalue weighted by molar-refractivity contribution is 0.400. The summed E-state index contributed by atoms with van der Waals surface area (Å²) in [4.78, 5) is 9.55. The molecule has 3 rings (SSSR count). The maximum absolute atomic E-state index is 4.88. The molecule has 25 heavy (non-hydrogen) atoms. The van der Waals surface area contributed by atoms with Gasteiger partial charge < -0.3 is 0 Å². The van der Waals surface area contributed by atoms with Gasteiger partial charge in [0, 0.05) is 17.5 Å². The Morgan fingerprint density at radius 3 is 2.56 bits per heavy atom. The Kier molecular flexibility index (Phi) is 6.61. The molecule has 1 heterocycles. The first-order valence-electron chi connectivity index (χ1n) is 10.2. The van der Waals surface area contributed by atoms with Gasteiger partial charge in [0.05, 0.1) is 0 Å². The van der Waals surface area contributed by atoms with Crippen LogP contribution in [-0.2, 0) is 19.3 Å². The number of nitrogens with zero attached hydrogens (tertiary/aromatic N) is 2. The second-order valence-electron chi connectivity index (χ2n) is 7.53. The van der Waals surface area contributed by atoms with Gasteiger partial charge in [-0.25, -0.2) is 9.97 Å². The summed E-state index contributed by atoms with van der Waals surface area (Å²) in [6.45, 7) is 4.47. The lowest BCUT2D eigenvalue weighted by Gasteiger charge is -2.24. The van der Waals surface area contributed by atoms with Crippen molar-refractivity contribution in [1.29, 1.82) is 0 Å². The number of rotatable bonds is 8. The third-order valence-electron chi connectivity index (χ3n) is 5.59. The molecular formula is C23H32N2. The molecule has 0 saturated heterocycles. The van der Waals surface area contributed by atoms with Crippen LogP contribution in [0.15, 0.2) is 30.5 Å². The number of aromatic nitrogens is 2. The Morgan fingerprint density at radius 1 is 1.00 bits per heavy atom. The van der Waals surface area contributed by atoms with E-state index in [9.17, 15) is 0 Å². The van der Waals surface area contributed by atoms with Crippen LogP contribution < -0.4 is 0 Å². The normalized spacial score (nSPS) is 16.6. The van der Waals surface area contributed by atoms with Crippen LogP contribution in [0.3, 0.4) is 0 Å². The van der Waals surface area contributed by atoms with E-state index in [1.165, 1.54) is 68.2 Å². The predicted octanol–water partition coefficient (Wildman–Crippen LogP) is 6.17. The molecule has 134 valence electrons. The molecule has 0 bridgehead atoms. The molecule has 1 aromatic heterocycles. The van der Waals surface area contributed by atoms with Gasteiger partial charge in [-0.3, -0.25) is 0 Å². The molecule has 1 unspecified atom stereocenters. The zero-order valence-electron chi connectivity index (χ0n) is 15.9. The SMILES string of the molecule is CCCCCCCC1CCc2nc(-c3ccc(CC)cc3)ncc2C1. The second-order valence-corrected chi connectivity index (χ2v) is 7.53.